The first-order chi connectivity index (χ1) is 9.16. The predicted molar refractivity (Wildman–Crippen MR) is 82.8 cm³/mol. The number of hydrogen-bond donors (Lipinski definition) is 1. The van der Waals surface area contributed by atoms with E-state index in [1.54, 1.807) is 0 Å². The van der Waals surface area contributed by atoms with Crippen LogP contribution < -0.4 is 5.32 Å². The summed E-state index contributed by atoms with van der Waals surface area (Å²) in [7, 11) is 0. The average molecular weight is 345 g/mol. The summed E-state index contributed by atoms with van der Waals surface area (Å²) in [5.41, 5.74) is 0.890. The molecule has 1 fully saturated rings. The van der Waals surface area contributed by atoms with Gasteiger partial charge in [-0.2, -0.15) is 0 Å². The van der Waals surface area contributed by atoms with E-state index in [4.69, 9.17) is 11.6 Å². The minimum Gasteiger partial charge on any atom is -0.355 e. The van der Waals surface area contributed by atoms with Gasteiger partial charge in [-0.1, -0.05) is 58.6 Å². The van der Waals surface area contributed by atoms with Gasteiger partial charge < -0.3 is 5.32 Å². The normalized spacial score (nSPS) is 23.1. The molecular formula is C15H19BrClNO. The lowest BCUT2D eigenvalue weighted by Gasteiger charge is -2.27. The SMILES string of the molecule is O=C(Cc1ccccc1Cl)NCC1CCCCC1Br. The Morgan fingerprint density at radius 3 is 2.79 bits per heavy atom. The van der Waals surface area contributed by atoms with E-state index in [0.29, 0.717) is 22.2 Å². The molecule has 0 radical (unpaired) electrons. The Hall–Kier alpha value is -0.540. The smallest absolute Gasteiger partial charge is 0.224 e. The van der Waals surface area contributed by atoms with Crippen LogP contribution in [0.25, 0.3) is 0 Å². The van der Waals surface area contributed by atoms with Crippen LogP contribution in [0.4, 0.5) is 0 Å². The maximum Gasteiger partial charge on any atom is 0.224 e. The minimum atomic E-state index is 0.0540. The lowest BCUT2D eigenvalue weighted by molar-refractivity contribution is -0.120. The molecule has 2 rings (SSSR count). The Labute approximate surface area is 128 Å². The van der Waals surface area contributed by atoms with Crippen LogP contribution in [0.2, 0.25) is 5.02 Å². The molecule has 1 aromatic carbocycles. The summed E-state index contributed by atoms with van der Waals surface area (Å²) in [4.78, 5) is 12.5. The third-order valence-corrected chi connectivity index (χ3v) is 5.26. The van der Waals surface area contributed by atoms with E-state index in [9.17, 15) is 4.79 Å². The molecule has 1 aliphatic carbocycles. The zero-order chi connectivity index (χ0) is 13.7. The number of hydrogen-bond acceptors (Lipinski definition) is 1. The monoisotopic (exact) mass is 343 g/mol. The highest BCUT2D eigenvalue weighted by molar-refractivity contribution is 9.09. The second-order valence-corrected chi connectivity index (χ2v) is 6.72. The molecule has 4 heteroatoms. The minimum absolute atomic E-state index is 0.0540. The van der Waals surface area contributed by atoms with Crippen LogP contribution in [-0.2, 0) is 11.2 Å². The first-order valence-corrected chi connectivity index (χ1v) is 8.10. The largest absolute Gasteiger partial charge is 0.355 e. The van der Waals surface area contributed by atoms with Crippen LogP contribution in [0.3, 0.4) is 0 Å². The molecule has 2 atom stereocenters. The van der Waals surface area contributed by atoms with Crippen LogP contribution in [0.15, 0.2) is 24.3 Å². The molecule has 0 aromatic heterocycles. The summed E-state index contributed by atoms with van der Waals surface area (Å²) in [5, 5.41) is 3.69. The van der Waals surface area contributed by atoms with E-state index in [1.165, 1.54) is 25.7 Å². The van der Waals surface area contributed by atoms with Crippen LogP contribution in [0.1, 0.15) is 31.2 Å². The molecule has 0 heterocycles. The Morgan fingerprint density at radius 1 is 1.32 bits per heavy atom. The van der Waals surface area contributed by atoms with Crippen molar-refractivity contribution >= 4 is 33.4 Å². The number of amides is 1. The Bertz CT molecular complexity index is 438. The fourth-order valence-electron chi connectivity index (χ4n) is 2.51. The van der Waals surface area contributed by atoms with Crippen molar-refractivity contribution in [2.45, 2.75) is 36.9 Å². The van der Waals surface area contributed by atoms with E-state index in [1.807, 2.05) is 24.3 Å². The zero-order valence-corrected chi connectivity index (χ0v) is 13.2. The fourth-order valence-corrected chi connectivity index (χ4v) is 3.49. The first kappa shape index (κ1) is 14.9. The molecule has 2 nitrogen and oxygen atoms in total. The maximum absolute atomic E-state index is 11.9. The highest BCUT2D eigenvalue weighted by atomic mass is 79.9. The van der Waals surface area contributed by atoms with Crippen molar-refractivity contribution in [3.05, 3.63) is 34.9 Å². The highest BCUT2D eigenvalue weighted by Gasteiger charge is 2.22. The van der Waals surface area contributed by atoms with E-state index >= 15 is 0 Å². The Kier molecular flexibility index (Phi) is 5.71. The van der Waals surface area contributed by atoms with Crippen LogP contribution in [0, 0.1) is 5.92 Å². The molecule has 2 unspecified atom stereocenters. The zero-order valence-electron chi connectivity index (χ0n) is 10.9. The molecule has 0 aliphatic heterocycles. The third-order valence-electron chi connectivity index (χ3n) is 3.69. The molecule has 1 aromatic rings. The molecular weight excluding hydrogens is 326 g/mol. The van der Waals surface area contributed by atoms with E-state index in [2.05, 4.69) is 21.2 Å². The van der Waals surface area contributed by atoms with Crippen molar-refractivity contribution in [3.8, 4) is 0 Å². The van der Waals surface area contributed by atoms with Gasteiger partial charge >= 0.3 is 0 Å². The van der Waals surface area contributed by atoms with Gasteiger partial charge in [0.25, 0.3) is 0 Å². The van der Waals surface area contributed by atoms with Crippen molar-refractivity contribution < 1.29 is 4.79 Å². The molecule has 0 bridgehead atoms. The quantitative estimate of drug-likeness (QED) is 0.823. The summed E-state index contributed by atoms with van der Waals surface area (Å²) in [6.07, 6.45) is 5.33. The number of benzene rings is 1. The van der Waals surface area contributed by atoms with Crippen molar-refractivity contribution in [3.63, 3.8) is 0 Å². The topological polar surface area (TPSA) is 29.1 Å². The van der Waals surface area contributed by atoms with Gasteiger partial charge in [0.2, 0.25) is 5.91 Å². The van der Waals surface area contributed by atoms with E-state index in [-0.39, 0.29) is 5.91 Å². The average Bonchev–Trinajstić information content (AvgIpc) is 2.40. The molecule has 0 spiro atoms. The molecule has 1 saturated carbocycles. The molecule has 1 aliphatic rings. The number of rotatable bonds is 4. The number of carbonyl (C=O) groups is 1. The number of carbonyl (C=O) groups excluding carboxylic acids is 1. The first-order valence-electron chi connectivity index (χ1n) is 6.81. The van der Waals surface area contributed by atoms with Crippen LogP contribution in [0.5, 0.6) is 0 Å². The van der Waals surface area contributed by atoms with Gasteiger partial charge in [-0.15, -0.1) is 0 Å². The van der Waals surface area contributed by atoms with Crippen LogP contribution >= 0.6 is 27.5 Å². The maximum atomic E-state index is 11.9. The number of nitrogens with one attached hydrogen (secondary N) is 1. The standard InChI is InChI=1S/C15H19BrClNO/c16-13-7-3-1-6-12(13)10-18-15(19)9-11-5-2-4-8-14(11)17/h2,4-5,8,12-13H,1,3,6-7,9-10H2,(H,18,19). The molecule has 19 heavy (non-hydrogen) atoms. The van der Waals surface area contributed by atoms with Gasteiger partial charge in [0.15, 0.2) is 0 Å². The van der Waals surface area contributed by atoms with Gasteiger partial charge in [-0.25, -0.2) is 0 Å². The second-order valence-electron chi connectivity index (χ2n) is 5.13. The fraction of sp³-hybridized carbons (Fsp3) is 0.533. The van der Waals surface area contributed by atoms with Gasteiger partial charge in [0.1, 0.15) is 0 Å². The molecule has 0 saturated heterocycles. The summed E-state index contributed by atoms with van der Waals surface area (Å²) >= 11 is 9.76. The van der Waals surface area contributed by atoms with Crippen LogP contribution in [-0.4, -0.2) is 17.3 Å². The van der Waals surface area contributed by atoms with Gasteiger partial charge in [0, 0.05) is 16.4 Å². The Morgan fingerprint density at radius 2 is 2.05 bits per heavy atom. The predicted octanol–water partition coefficient (Wildman–Crippen LogP) is 3.95. The van der Waals surface area contributed by atoms with Gasteiger partial charge in [-0.3, -0.25) is 4.79 Å². The molecule has 1 amide bonds. The van der Waals surface area contributed by atoms with Crippen molar-refractivity contribution in [1.82, 2.24) is 5.32 Å². The second kappa shape index (κ2) is 7.30. The van der Waals surface area contributed by atoms with E-state index in [0.717, 1.165) is 12.1 Å². The summed E-state index contributed by atoms with van der Waals surface area (Å²) in [6, 6.07) is 7.50. The summed E-state index contributed by atoms with van der Waals surface area (Å²) in [5.74, 6) is 0.613. The molecule has 104 valence electrons. The van der Waals surface area contributed by atoms with Gasteiger partial charge in [0.05, 0.1) is 6.42 Å². The lowest BCUT2D eigenvalue weighted by Crippen LogP contribution is -2.35. The summed E-state index contributed by atoms with van der Waals surface area (Å²) < 4.78 is 0. The Balaban J connectivity index is 1.80. The van der Waals surface area contributed by atoms with Crippen molar-refractivity contribution in [2.75, 3.05) is 6.54 Å². The third kappa shape index (κ3) is 4.50. The number of alkyl halides is 1. The lowest BCUT2D eigenvalue weighted by atomic mass is 9.89. The van der Waals surface area contributed by atoms with E-state index < -0.39 is 0 Å². The molecule has 1 N–H and O–H groups in total. The highest BCUT2D eigenvalue weighted by Crippen LogP contribution is 2.29. The van der Waals surface area contributed by atoms with Crippen molar-refractivity contribution in [1.29, 1.82) is 0 Å². The van der Waals surface area contributed by atoms with Crippen molar-refractivity contribution in [2.24, 2.45) is 5.92 Å². The summed E-state index contributed by atoms with van der Waals surface area (Å²) in [6.45, 7) is 0.763. The number of halogens is 2. The van der Waals surface area contributed by atoms with Gasteiger partial charge in [-0.05, 0) is 30.4 Å².